The van der Waals surface area contributed by atoms with Gasteiger partial charge in [0.05, 0.1) is 5.03 Å². The van der Waals surface area contributed by atoms with E-state index in [9.17, 15) is 15.0 Å². The smallest absolute Gasteiger partial charge is 0.197 e. The zero-order valence-corrected chi connectivity index (χ0v) is 15.9. The van der Waals surface area contributed by atoms with Gasteiger partial charge in [0.15, 0.2) is 11.6 Å². The van der Waals surface area contributed by atoms with Gasteiger partial charge in [0, 0.05) is 17.3 Å². The fourth-order valence-corrected chi connectivity index (χ4v) is 6.88. The number of aliphatic hydroxyl groups is 2. The second kappa shape index (κ2) is 5.31. The Balaban J connectivity index is 1.82. The molecule has 0 aromatic heterocycles. The predicted molar refractivity (Wildman–Crippen MR) is 97.7 cm³/mol. The van der Waals surface area contributed by atoms with Crippen LogP contribution in [-0.4, -0.2) is 21.8 Å². The van der Waals surface area contributed by atoms with Gasteiger partial charge in [-0.05, 0) is 67.6 Å². The Hall–Kier alpha value is -0.900. The molecule has 0 aromatic carbocycles. The summed E-state index contributed by atoms with van der Waals surface area (Å²) < 4.78 is 0. The largest absolute Gasteiger partial charge is 0.365 e. The first-order valence-electron chi connectivity index (χ1n) is 9.40. The lowest BCUT2D eigenvalue weighted by molar-refractivity contribution is -0.245. The Morgan fingerprint density at radius 1 is 1.20 bits per heavy atom. The van der Waals surface area contributed by atoms with E-state index in [2.05, 4.69) is 26.0 Å². The summed E-state index contributed by atoms with van der Waals surface area (Å²) in [5, 5.41) is 21.5. The van der Waals surface area contributed by atoms with Crippen LogP contribution in [0.2, 0.25) is 0 Å². The second-order valence-electron chi connectivity index (χ2n) is 8.88. The van der Waals surface area contributed by atoms with E-state index in [-0.39, 0.29) is 11.2 Å². The topological polar surface area (TPSA) is 57.5 Å². The molecular weight excluding hydrogens is 336 g/mol. The van der Waals surface area contributed by atoms with Crippen LogP contribution in [0.15, 0.2) is 34.4 Å². The predicted octanol–water partition coefficient (Wildman–Crippen LogP) is 4.10. The molecular formula is C21H27ClO3. The van der Waals surface area contributed by atoms with Crippen LogP contribution in [0.5, 0.6) is 0 Å². The molecule has 0 saturated heterocycles. The maximum atomic E-state index is 12.2. The number of carbonyl (C=O) groups excluding carboxylic acids is 1. The van der Waals surface area contributed by atoms with Gasteiger partial charge < -0.3 is 10.2 Å². The number of ketones is 1. The Bertz CT molecular complexity index is 731. The van der Waals surface area contributed by atoms with E-state index in [1.54, 1.807) is 6.08 Å². The maximum Gasteiger partial charge on any atom is 0.197 e. The summed E-state index contributed by atoms with van der Waals surface area (Å²) in [4.78, 5) is 12.2. The normalized spacial score (nSPS) is 46.9. The van der Waals surface area contributed by atoms with Gasteiger partial charge in [0.25, 0.3) is 0 Å². The maximum absolute atomic E-state index is 12.2. The lowest BCUT2D eigenvalue weighted by atomic mass is 9.47. The molecule has 136 valence electrons. The van der Waals surface area contributed by atoms with E-state index in [1.165, 1.54) is 0 Å². The highest BCUT2D eigenvalue weighted by molar-refractivity contribution is 6.45. The van der Waals surface area contributed by atoms with Gasteiger partial charge in [-0.1, -0.05) is 37.6 Å². The molecule has 5 atom stereocenters. The number of carbonyl (C=O) groups is 1. The minimum absolute atomic E-state index is 0.0989. The van der Waals surface area contributed by atoms with Crippen molar-refractivity contribution in [2.45, 2.75) is 58.7 Å². The minimum atomic E-state index is -1.56. The van der Waals surface area contributed by atoms with E-state index >= 15 is 0 Å². The van der Waals surface area contributed by atoms with Crippen LogP contribution < -0.4 is 0 Å². The zero-order chi connectivity index (χ0) is 18.2. The molecule has 4 aliphatic carbocycles. The van der Waals surface area contributed by atoms with Crippen LogP contribution in [0.4, 0.5) is 0 Å². The molecule has 0 aliphatic heterocycles. The van der Waals surface area contributed by atoms with E-state index in [1.807, 2.05) is 6.92 Å². The number of hydrogen-bond donors (Lipinski definition) is 2. The van der Waals surface area contributed by atoms with Crippen molar-refractivity contribution in [2.75, 3.05) is 0 Å². The first-order chi connectivity index (χ1) is 11.7. The van der Waals surface area contributed by atoms with Gasteiger partial charge in [-0.25, -0.2) is 0 Å². The number of allylic oxidation sites excluding steroid dienone is 6. The molecule has 3 fully saturated rings. The zero-order valence-electron chi connectivity index (χ0n) is 15.2. The standard InChI is InChI=1S/C21H27ClO3/c1-4-12-11-13-14(19(2)8-7-16(23)18(22)17(12)19)5-9-20(3)15(13)6-10-21(20,24)25/h4,7-8,13-15,24-25H,5-6,9-11H2,1-3H3/t13-,14+,15+,19-,20+/m1/s1. The van der Waals surface area contributed by atoms with Crippen LogP contribution in [-0.2, 0) is 4.79 Å². The molecule has 0 unspecified atom stereocenters. The van der Waals surface area contributed by atoms with Crippen molar-refractivity contribution in [1.29, 1.82) is 0 Å². The molecule has 0 bridgehead atoms. The van der Waals surface area contributed by atoms with Crippen LogP contribution >= 0.6 is 11.6 Å². The molecule has 0 radical (unpaired) electrons. The monoisotopic (exact) mass is 362 g/mol. The Kier molecular flexibility index (Phi) is 3.72. The highest BCUT2D eigenvalue weighted by Crippen LogP contribution is 2.67. The summed E-state index contributed by atoms with van der Waals surface area (Å²) in [6.07, 6.45) is 9.69. The van der Waals surface area contributed by atoms with Crippen molar-refractivity contribution in [3.05, 3.63) is 34.4 Å². The molecule has 3 nitrogen and oxygen atoms in total. The van der Waals surface area contributed by atoms with Gasteiger partial charge in [0.2, 0.25) is 0 Å². The van der Waals surface area contributed by atoms with E-state index in [0.29, 0.717) is 29.2 Å². The van der Waals surface area contributed by atoms with Crippen LogP contribution in [0.25, 0.3) is 0 Å². The Morgan fingerprint density at radius 2 is 1.88 bits per heavy atom. The molecule has 0 aromatic rings. The van der Waals surface area contributed by atoms with Crippen LogP contribution in [0.3, 0.4) is 0 Å². The Morgan fingerprint density at radius 3 is 2.56 bits per heavy atom. The lowest BCUT2D eigenvalue weighted by Crippen LogP contribution is -2.54. The summed E-state index contributed by atoms with van der Waals surface area (Å²) in [7, 11) is 0. The van der Waals surface area contributed by atoms with Gasteiger partial charge in [-0.2, -0.15) is 0 Å². The highest BCUT2D eigenvalue weighted by Gasteiger charge is 2.64. The van der Waals surface area contributed by atoms with Crippen LogP contribution in [0.1, 0.15) is 52.9 Å². The fourth-order valence-electron chi connectivity index (χ4n) is 6.49. The fraction of sp³-hybridized carbons (Fsp3) is 0.667. The number of hydrogen-bond acceptors (Lipinski definition) is 3. The first-order valence-corrected chi connectivity index (χ1v) is 9.77. The summed E-state index contributed by atoms with van der Waals surface area (Å²) in [6, 6.07) is 0. The van der Waals surface area contributed by atoms with Crippen molar-refractivity contribution in [3.63, 3.8) is 0 Å². The van der Waals surface area contributed by atoms with Crippen molar-refractivity contribution in [3.8, 4) is 0 Å². The summed E-state index contributed by atoms with van der Waals surface area (Å²) in [5.74, 6) is -0.595. The number of rotatable bonds is 0. The third-order valence-corrected chi connectivity index (χ3v) is 8.37. The SMILES string of the molecule is CC=C1C[C@@H]2[C@H](CC[C@@]3(C)[C@H]2CCC3(O)O)[C@@]2(C)C=CC(=O)C(Cl)=C12. The number of fused-ring (bicyclic) bond motifs is 5. The summed E-state index contributed by atoms with van der Waals surface area (Å²) in [6.45, 7) is 6.27. The molecule has 2 N–H and O–H groups in total. The Labute approximate surface area is 154 Å². The molecule has 0 heterocycles. The van der Waals surface area contributed by atoms with Gasteiger partial charge in [0.1, 0.15) is 0 Å². The second-order valence-corrected chi connectivity index (χ2v) is 9.25. The van der Waals surface area contributed by atoms with Crippen molar-refractivity contribution >= 4 is 17.4 Å². The third kappa shape index (κ3) is 2.09. The quantitative estimate of drug-likeness (QED) is 0.638. The molecule has 0 spiro atoms. The highest BCUT2D eigenvalue weighted by atomic mass is 35.5. The van der Waals surface area contributed by atoms with E-state index < -0.39 is 11.2 Å². The molecule has 4 aliphatic rings. The van der Waals surface area contributed by atoms with E-state index in [4.69, 9.17) is 11.6 Å². The van der Waals surface area contributed by atoms with Gasteiger partial charge in [-0.15, -0.1) is 0 Å². The number of halogens is 1. The molecule has 4 heteroatoms. The van der Waals surface area contributed by atoms with Gasteiger partial charge >= 0.3 is 0 Å². The molecule has 0 amide bonds. The van der Waals surface area contributed by atoms with Crippen molar-refractivity contribution in [2.24, 2.45) is 28.6 Å². The average molecular weight is 363 g/mol. The summed E-state index contributed by atoms with van der Waals surface area (Å²) in [5.41, 5.74) is 1.48. The average Bonchev–Trinajstić information content (AvgIpc) is 2.81. The third-order valence-electron chi connectivity index (χ3n) is 8.00. The van der Waals surface area contributed by atoms with Crippen molar-refractivity contribution < 1.29 is 15.0 Å². The minimum Gasteiger partial charge on any atom is -0.365 e. The van der Waals surface area contributed by atoms with Gasteiger partial charge in [-0.3, -0.25) is 4.79 Å². The van der Waals surface area contributed by atoms with E-state index in [0.717, 1.165) is 36.8 Å². The molecule has 3 saturated carbocycles. The lowest BCUT2D eigenvalue weighted by Gasteiger charge is -2.58. The van der Waals surface area contributed by atoms with Crippen molar-refractivity contribution in [1.82, 2.24) is 0 Å². The summed E-state index contributed by atoms with van der Waals surface area (Å²) >= 11 is 6.48. The van der Waals surface area contributed by atoms with Crippen LogP contribution in [0, 0.1) is 28.6 Å². The first kappa shape index (κ1) is 17.5. The molecule has 25 heavy (non-hydrogen) atoms. The molecule has 4 rings (SSSR count).